The lowest BCUT2D eigenvalue weighted by Crippen LogP contribution is -2.26. The highest BCUT2D eigenvalue weighted by molar-refractivity contribution is 7.68. The van der Waals surface area contributed by atoms with Crippen molar-refractivity contribution >= 4 is 24.5 Å². The molecule has 0 amide bonds. The van der Waals surface area contributed by atoms with Gasteiger partial charge in [-0.25, -0.2) is 0 Å². The molecule has 0 atom stereocenters. The number of aromatic hydroxyl groups is 1. The quantitative estimate of drug-likeness (QED) is 0.352. The van der Waals surface area contributed by atoms with Crippen LogP contribution in [0.4, 0.5) is 0 Å². The molecule has 150 valence electrons. The average Bonchev–Trinajstić information content (AvgIpc) is 2.79. The van der Waals surface area contributed by atoms with Crippen molar-refractivity contribution < 1.29 is 14.4 Å². The van der Waals surface area contributed by atoms with Crippen LogP contribution in [0, 0.1) is 0 Å². The second-order valence-corrected chi connectivity index (χ2v) is 8.95. The van der Waals surface area contributed by atoms with Crippen molar-refractivity contribution in [3.8, 4) is 5.75 Å². The van der Waals surface area contributed by atoms with Crippen LogP contribution in [-0.2, 0) is 9.30 Å². The van der Waals surface area contributed by atoms with E-state index in [2.05, 4.69) is 17.2 Å². The summed E-state index contributed by atoms with van der Waals surface area (Å²) >= 11 is 0. The van der Waals surface area contributed by atoms with Gasteiger partial charge in [-0.2, -0.15) is 5.20 Å². The average molecular weight is 416 g/mol. The van der Waals surface area contributed by atoms with Crippen LogP contribution in [0.25, 0.3) is 17.2 Å². The minimum Gasteiger partial charge on any atom is -0.508 e. The van der Waals surface area contributed by atoms with Crippen molar-refractivity contribution in [2.24, 2.45) is 0 Å². The molecule has 0 fully saturated rings. The van der Waals surface area contributed by atoms with Gasteiger partial charge in [0.2, 0.25) is 7.29 Å². The number of hydrogen-bond donors (Lipinski definition) is 3. The van der Waals surface area contributed by atoms with E-state index in [1.165, 1.54) is 0 Å². The van der Waals surface area contributed by atoms with Crippen LogP contribution in [0.3, 0.4) is 0 Å². The molecule has 6 heteroatoms. The molecular weight excluding hydrogens is 395 g/mol. The third-order valence-electron chi connectivity index (χ3n) is 4.55. The lowest BCUT2D eigenvalue weighted by atomic mass is 10.2. The van der Waals surface area contributed by atoms with Gasteiger partial charge in [-0.3, -0.25) is 4.57 Å². The molecule has 3 aromatic rings. The molecule has 0 saturated heterocycles. The second-order valence-electron chi connectivity index (χ2n) is 6.79. The molecule has 3 aromatic carbocycles. The first kappa shape index (κ1) is 19.8. The first-order valence-electron chi connectivity index (χ1n) is 9.38. The Balaban J connectivity index is 1.63. The van der Waals surface area contributed by atoms with Crippen LogP contribution in [0.5, 0.6) is 5.75 Å². The van der Waals surface area contributed by atoms with E-state index in [4.69, 9.17) is 4.74 Å². The number of ether oxygens (including phenoxy) is 1. The molecule has 30 heavy (non-hydrogen) atoms. The van der Waals surface area contributed by atoms with E-state index in [-0.39, 0.29) is 5.75 Å². The number of phenolic OH excluding ortho intramolecular Hbond substituents is 1. The van der Waals surface area contributed by atoms with Gasteiger partial charge >= 0.3 is 0 Å². The summed E-state index contributed by atoms with van der Waals surface area (Å²) in [5, 5.41) is 12.4. The van der Waals surface area contributed by atoms with Gasteiger partial charge in [-0.1, -0.05) is 67.2 Å². The molecule has 0 radical (unpaired) electrons. The monoisotopic (exact) mass is 416 g/mol. The van der Waals surface area contributed by atoms with E-state index in [9.17, 15) is 9.67 Å². The van der Waals surface area contributed by atoms with Gasteiger partial charge in [0.15, 0.2) is 0 Å². The van der Waals surface area contributed by atoms with E-state index in [0.29, 0.717) is 17.2 Å². The molecule has 0 aromatic heterocycles. The highest BCUT2D eigenvalue weighted by Crippen LogP contribution is 2.52. The van der Waals surface area contributed by atoms with Crippen LogP contribution < -0.4 is 10.6 Å². The van der Waals surface area contributed by atoms with Crippen LogP contribution >= 0.6 is 7.29 Å². The Kier molecular flexibility index (Phi) is 5.57. The third-order valence-corrected chi connectivity index (χ3v) is 6.25. The van der Waals surface area contributed by atoms with Crippen molar-refractivity contribution in [1.82, 2.24) is 10.6 Å². The number of rotatable bonds is 6. The van der Waals surface area contributed by atoms with E-state index < -0.39 is 7.29 Å². The number of benzene rings is 3. The normalized spacial score (nSPS) is 14.8. The van der Waals surface area contributed by atoms with Crippen LogP contribution in [-0.4, -0.2) is 5.11 Å². The van der Waals surface area contributed by atoms with Crippen molar-refractivity contribution in [3.63, 3.8) is 0 Å². The van der Waals surface area contributed by atoms with Crippen LogP contribution in [0.2, 0.25) is 0 Å². The molecule has 0 spiro atoms. The topological polar surface area (TPSA) is 70.6 Å². The summed E-state index contributed by atoms with van der Waals surface area (Å²) in [5.74, 6) is 4.41. The summed E-state index contributed by atoms with van der Waals surface area (Å²) in [6, 6.07) is 25.7. The molecule has 0 saturated carbocycles. The van der Waals surface area contributed by atoms with Gasteiger partial charge < -0.3 is 15.3 Å². The van der Waals surface area contributed by atoms with Crippen LogP contribution in [0.1, 0.15) is 16.7 Å². The summed E-state index contributed by atoms with van der Waals surface area (Å²) in [5.41, 5.74) is 5.89. The predicted octanol–water partition coefficient (Wildman–Crippen LogP) is 5.76. The van der Waals surface area contributed by atoms with Gasteiger partial charge in [0, 0.05) is 28.5 Å². The minimum absolute atomic E-state index is 0.169. The maximum atomic E-state index is 13.7. The highest BCUT2D eigenvalue weighted by atomic mass is 31.2. The second kappa shape index (κ2) is 8.46. The van der Waals surface area contributed by atoms with E-state index >= 15 is 0 Å². The molecule has 1 heterocycles. The number of hydrogen-bond acceptors (Lipinski definition) is 4. The maximum Gasteiger partial charge on any atom is 0.214 e. The Labute approximate surface area is 175 Å². The standard InChI is InChI=1S/C24H21N2O3P/c1-18(19-12-14-22(27)15-13-19)25-26-30(28)16-23(20-8-4-2-5-9-20)29-24(17-30)21-10-6-3-7-11-21/h2-17,25,27H,1H2,(H,26,28). The molecule has 4 rings (SSSR count). The lowest BCUT2D eigenvalue weighted by molar-refractivity contribution is 0.468. The summed E-state index contributed by atoms with van der Waals surface area (Å²) in [6.07, 6.45) is 0. The summed E-state index contributed by atoms with van der Waals surface area (Å²) in [7, 11) is -3.16. The zero-order valence-corrected chi connectivity index (χ0v) is 17.1. The van der Waals surface area contributed by atoms with E-state index in [0.717, 1.165) is 16.7 Å². The molecule has 5 nitrogen and oxygen atoms in total. The fraction of sp³-hybridized carbons (Fsp3) is 0. The first-order valence-corrected chi connectivity index (χ1v) is 11.2. The van der Waals surface area contributed by atoms with Crippen molar-refractivity contribution in [1.29, 1.82) is 0 Å². The molecule has 0 aliphatic carbocycles. The van der Waals surface area contributed by atoms with E-state index in [1.807, 2.05) is 60.7 Å². The number of hydrazine groups is 1. The zero-order chi connectivity index (χ0) is 21.0. The van der Waals surface area contributed by atoms with E-state index in [1.54, 1.807) is 35.9 Å². The van der Waals surface area contributed by atoms with Gasteiger partial charge in [0.05, 0.1) is 0 Å². The van der Waals surface area contributed by atoms with Gasteiger partial charge in [-0.15, -0.1) is 0 Å². The SMILES string of the molecule is C=C(NNP1(=O)C=C(c2ccccc2)OC(c2ccccc2)=C1)c1ccc(O)cc1. The molecule has 0 unspecified atom stereocenters. The smallest absolute Gasteiger partial charge is 0.214 e. The summed E-state index contributed by atoms with van der Waals surface area (Å²) in [6.45, 7) is 3.98. The molecular formula is C24H21N2O3P. The Morgan fingerprint density at radius 1 is 0.800 bits per heavy atom. The number of nitrogens with one attached hydrogen (secondary N) is 2. The van der Waals surface area contributed by atoms with Crippen LogP contribution in [0.15, 0.2) is 103 Å². The molecule has 3 N–H and O–H groups in total. The number of phenols is 1. The first-order chi connectivity index (χ1) is 14.5. The summed E-state index contributed by atoms with van der Waals surface area (Å²) in [4.78, 5) is 0. The Morgan fingerprint density at radius 3 is 1.80 bits per heavy atom. The van der Waals surface area contributed by atoms with Gasteiger partial charge in [0.1, 0.15) is 17.3 Å². The predicted molar refractivity (Wildman–Crippen MR) is 121 cm³/mol. The van der Waals surface area contributed by atoms with Crippen molar-refractivity contribution in [2.75, 3.05) is 0 Å². The Morgan fingerprint density at radius 2 is 1.30 bits per heavy atom. The fourth-order valence-electron chi connectivity index (χ4n) is 2.98. The highest BCUT2D eigenvalue weighted by Gasteiger charge is 2.27. The minimum atomic E-state index is -3.16. The lowest BCUT2D eigenvalue weighted by Gasteiger charge is -2.24. The zero-order valence-electron chi connectivity index (χ0n) is 16.2. The Bertz CT molecular complexity index is 1090. The van der Waals surface area contributed by atoms with Gasteiger partial charge in [0.25, 0.3) is 0 Å². The molecule has 1 aliphatic heterocycles. The van der Waals surface area contributed by atoms with Gasteiger partial charge in [-0.05, 0) is 29.8 Å². The summed E-state index contributed by atoms with van der Waals surface area (Å²) < 4.78 is 19.8. The third kappa shape index (κ3) is 4.54. The Hall–Kier alpha value is -3.53. The molecule has 0 bridgehead atoms. The maximum absolute atomic E-state index is 13.7. The van der Waals surface area contributed by atoms with Crippen molar-refractivity contribution in [3.05, 3.63) is 120 Å². The molecule has 1 aliphatic rings. The largest absolute Gasteiger partial charge is 0.508 e. The van der Waals surface area contributed by atoms with Crippen molar-refractivity contribution in [2.45, 2.75) is 0 Å². The fourth-order valence-corrected chi connectivity index (χ4v) is 4.60.